The molecular weight excluding hydrogens is 607 g/mol. The van der Waals surface area contributed by atoms with Gasteiger partial charge in [-0.1, -0.05) is 28.2 Å². The van der Waals surface area contributed by atoms with Crippen molar-refractivity contribution in [2.24, 2.45) is 4.36 Å². The standard InChI is InChI=1S/C28H37FN2O12S/c1-5-39-25(36)19(30-27(37)42-28(2,3)4)14-16-10-12-17(13-11-16)43-44(29,38)31-18-8-6-7-9-20(18)40-26-24(35)23(34)22(33)21(15-32)41-26/h6-13,19,21-24,26,32-35H,5,14-15H2,1-4H3,(H,30,37)/t19-,21+,22-,23-,24+,26-,44?/m0/s1. The van der Waals surface area contributed by atoms with E-state index in [4.69, 9.17) is 23.1 Å². The van der Waals surface area contributed by atoms with E-state index >= 15 is 3.89 Å². The van der Waals surface area contributed by atoms with Gasteiger partial charge in [0.05, 0.1) is 13.2 Å². The SMILES string of the molecule is CCOC(=O)[C@H](Cc1ccc(OS(=O)(F)=Nc2ccccc2O[C@H]2O[C@H](CO)[C@H](O)[C@H](O)[C@H]2O)cc1)NC(=O)OC(C)(C)C. The minimum absolute atomic E-state index is 0.00357. The molecule has 2 aromatic rings. The lowest BCUT2D eigenvalue weighted by Gasteiger charge is -2.39. The summed E-state index contributed by atoms with van der Waals surface area (Å²) in [7, 11) is -4.87. The molecule has 16 heteroatoms. The van der Waals surface area contributed by atoms with Gasteiger partial charge >= 0.3 is 22.5 Å². The average molecular weight is 645 g/mol. The summed E-state index contributed by atoms with van der Waals surface area (Å²) in [5.41, 5.74) is -0.564. The number of benzene rings is 2. The van der Waals surface area contributed by atoms with Crippen molar-refractivity contribution < 1.29 is 61.2 Å². The number of carbonyl (C=O) groups excluding carboxylic acids is 2. The van der Waals surface area contributed by atoms with Gasteiger partial charge in [0.15, 0.2) is 0 Å². The van der Waals surface area contributed by atoms with E-state index in [9.17, 15) is 34.2 Å². The number of nitrogens with one attached hydrogen (secondary N) is 1. The highest BCUT2D eigenvalue weighted by atomic mass is 32.3. The van der Waals surface area contributed by atoms with E-state index in [1.54, 1.807) is 27.7 Å². The van der Waals surface area contributed by atoms with Crippen LogP contribution < -0.4 is 14.2 Å². The van der Waals surface area contributed by atoms with Crippen LogP contribution in [0.2, 0.25) is 0 Å². The highest BCUT2D eigenvalue weighted by Gasteiger charge is 2.45. The number of amides is 1. The minimum Gasteiger partial charge on any atom is -0.464 e. The summed E-state index contributed by atoms with van der Waals surface area (Å²) < 4.78 is 57.3. The van der Waals surface area contributed by atoms with E-state index in [0.717, 1.165) is 0 Å². The van der Waals surface area contributed by atoms with Crippen LogP contribution in [0, 0.1) is 0 Å². The van der Waals surface area contributed by atoms with Crippen molar-refractivity contribution in [3.05, 3.63) is 54.1 Å². The molecule has 1 aliphatic heterocycles. The normalized spacial score (nSPS) is 23.9. The Bertz CT molecular complexity index is 1390. The Morgan fingerprint density at radius 2 is 1.73 bits per heavy atom. The number of nitrogens with zero attached hydrogens (tertiary/aromatic N) is 1. The van der Waals surface area contributed by atoms with Crippen LogP contribution in [0.15, 0.2) is 52.9 Å². The molecule has 0 bridgehead atoms. The maximum atomic E-state index is 15.1. The molecule has 7 atom stereocenters. The second kappa shape index (κ2) is 15.0. The number of hydrogen-bond donors (Lipinski definition) is 5. The van der Waals surface area contributed by atoms with Crippen molar-refractivity contribution in [3.63, 3.8) is 0 Å². The summed E-state index contributed by atoms with van der Waals surface area (Å²) in [4.78, 5) is 24.7. The molecule has 1 heterocycles. The molecule has 244 valence electrons. The maximum Gasteiger partial charge on any atom is 0.408 e. The number of alkyl carbamates (subject to hydrolysis) is 1. The number of esters is 1. The number of ether oxygens (including phenoxy) is 4. The number of aliphatic hydroxyl groups excluding tert-OH is 4. The van der Waals surface area contributed by atoms with E-state index in [1.165, 1.54) is 48.5 Å². The van der Waals surface area contributed by atoms with Crippen LogP contribution >= 0.6 is 0 Å². The Labute approximate surface area is 254 Å². The summed E-state index contributed by atoms with van der Waals surface area (Å²) in [6.45, 7) is 6.03. The first-order valence-corrected chi connectivity index (χ1v) is 14.9. The summed E-state index contributed by atoms with van der Waals surface area (Å²) in [5, 5.41) is 42.0. The lowest BCUT2D eigenvalue weighted by Crippen LogP contribution is -2.60. The first kappa shape index (κ1) is 34.9. The van der Waals surface area contributed by atoms with E-state index in [2.05, 4.69) is 9.68 Å². The Morgan fingerprint density at radius 1 is 1.07 bits per heavy atom. The van der Waals surface area contributed by atoms with Crippen molar-refractivity contribution in [1.82, 2.24) is 5.32 Å². The average Bonchev–Trinajstić information content (AvgIpc) is 2.93. The molecule has 1 aliphatic rings. The van der Waals surface area contributed by atoms with Crippen LogP contribution in [0.25, 0.3) is 0 Å². The Kier molecular flexibility index (Phi) is 11.9. The highest BCUT2D eigenvalue weighted by molar-refractivity contribution is 7.84. The first-order valence-electron chi connectivity index (χ1n) is 13.6. The lowest BCUT2D eigenvalue weighted by molar-refractivity contribution is -0.277. The first-order chi connectivity index (χ1) is 20.6. The topological polar surface area (TPSA) is 203 Å². The highest BCUT2D eigenvalue weighted by Crippen LogP contribution is 2.33. The molecule has 0 saturated carbocycles. The zero-order chi connectivity index (χ0) is 32.7. The van der Waals surface area contributed by atoms with Crippen molar-refractivity contribution >= 4 is 28.1 Å². The van der Waals surface area contributed by atoms with E-state index in [-0.39, 0.29) is 30.2 Å². The minimum atomic E-state index is -4.87. The number of halogens is 1. The van der Waals surface area contributed by atoms with Gasteiger partial charge in [0.2, 0.25) is 6.29 Å². The van der Waals surface area contributed by atoms with Crippen LogP contribution in [0.3, 0.4) is 0 Å². The fourth-order valence-corrected chi connectivity index (χ4v) is 4.75. The maximum absolute atomic E-state index is 15.1. The third-order valence-electron chi connectivity index (χ3n) is 5.99. The molecule has 1 unspecified atom stereocenters. The van der Waals surface area contributed by atoms with Gasteiger partial charge in [0.25, 0.3) is 0 Å². The van der Waals surface area contributed by atoms with Crippen molar-refractivity contribution in [1.29, 1.82) is 0 Å². The number of hydrogen-bond acceptors (Lipinski definition) is 13. The predicted molar refractivity (Wildman–Crippen MR) is 153 cm³/mol. The summed E-state index contributed by atoms with van der Waals surface area (Å²) >= 11 is 0. The van der Waals surface area contributed by atoms with Crippen LogP contribution in [0.4, 0.5) is 14.4 Å². The van der Waals surface area contributed by atoms with Gasteiger partial charge in [0.1, 0.15) is 53.2 Å². The molecule has 1 saturated heterocycles. The molecule has 14 nitrogen and oxygen atoms in total. The zero-order valence-corrected chi connectivity index (χ0v) is 25.3. The van der Waals surface area contributed by atoms with Crippen molar-refractivity contribution in [3.8, 4) is 11.5 Å². The van der Waals surface area contributed by atoms with Crippen molar-refractivity contribution in [2.75, 3.05) is 13.2 Å². The monoisotopic (exact) mass is 644 g/mol. The van der Waals surface area contributed by atoms with Gasteiger partial charge in [-0.05, 0) is 57.5 Å². The van der Waals surface area contributed by atoms with Crippen molar-refractivity contribution in [2.45, 2.75) is 76.5 Å². The summed E-state index contributed by atoms with van der Waals surface area (Å²) in [6.07, 6.45) is -8.73. The van der Waals surface area contributed by atoms with Gasteiger partial charge in [0, 0.05) is 6.42 Å². The number of para-hydroxylation sites is 1. The summed E-state index contributed by atoms with van der Waals surface area (Å²) in [6, 6.07) is 9.87. The molecule has 0 radical (unpaired) electrons. The van der Waals surface area contributed by atoms with Crippen LogP contribution in [-0.4, -0.2) is 92.3 Å². The lowest BCUT2D eigenvalue weighted by atomic mass is 9.99. The molecule has 44 heavy (non-hydrogen) atoms. The van der Waals surface area contributed by atoms with Crippen LogP contribution in [-0.2, 0) is 35.8 Å². The quantitative estimate of drug-likeness (QED) is 0.176. The zero-order valence-electron chi connectivity index (χ0n) is 24.5. The predicted octanol–water partition coefficient (Wildman–Crippen LogP) is 1.84. The van der Waals surface area contributed by atoms with Gasteiger partial charge in [-0.25, -0.2) is 9.59 Å². The number of rotatable bonds is 11. The van der Waals surface area contributed by atoms with Gasteiger partial charge in [-0.15, -0.1) is 4.36 Å². The van der Waals surface area contributed by atoms with E-state index in [0.29, 0.717) is 5.56 Å². The van der Waals surface area contributed by atoms with E-state index < -0.39 is 71.4 Å². The molecule has 0 aliphatic carbocycles. The molecule has 3 rings (SSSR count). The third kappa shape index (κ3) is 10.0. The fourth-order valence-electron chi connectivity index (χ4n) is 3.98. The Morgan fingerprint density at radius 3 is 2.34 bits per heavy atom. The largest absolute Gasteiger partial charge is 0.464 e. The Hall–Kier alpha value is -3.54. The second-order valence-electron chi connectivity index (χ2n) is 10.7. The number of aliphatic hydroxyl groups is 4. The van der Waals surface area contributed by atoms with Crippen LogP contribution in [0.5, 0.6) is 11.5 Å². The van der Waals surface area contributed by atoms with Gasteiger partial charge in [-0.2, -0.15) is 4.21 Å². The number of carbonyl (C=O) groups is 2. The molecule has 1 amide bonds. The second-order valence-corrected chi connectivity index (χ2v) is 11.8. The summed E-state index contributed by atoms with van der Waals surface area (Å²) in [5.74, 6) is -1.07. The molecule has 0 aromatic heterocycles. The Balaban J connectivity index is 1.74. The van der Waals surface area contributed by atoms with Crippen LogP contribution in [0.1, 0.15) is 33.3 Å². The van der Waals surface area contributed by atoms with Gasteiger partial charge in [-0.3, -0.25) is 0 Å². The van der Waals surface area contributed by atoms with E-state index in [1.807, 2.05) is 0 Å². The molecule has 0 spiro atoms. The fraction of sp³-hybridized carbons (Fsp3) is 0.500. The molecule has 2 aromatic carbocycles. The molecule has 5 N–H and O–H groups in total. The molecule has 1 fully saturated rings. The third-order valence-corrected chi connectivity index (χ3v) is 6.80. The molecular formula is C28H37FN2O12S. The van der Waals surface area contributed by atoms with Gasteiger partial charge < -0.3 is 48.9 Å². The smallest absolute Gasteiger partial charge is 0.408 e.